The fraction of sp³-hybridized carbons (Fsp3) is 1.00. The third-order valence-electron chi connectivity index (χ3n) is 7.50. The van der Waals surface area contributed by atoms with E-state index in [-0.39, 0.29) is 38.8 Å². The van der Waals surface area contributed by atoms with Gasteiger partial charge in [-0.05, 0) is 0 Å². The normalized spacial score (nSPS) is 10.2. The topological polar surface area (TPSA) is 0 Å². The van der Waals surface area contributed by atoms with Crippen LogP contribution in [0.1, 0.15) is 221 Å². The first-order chi connectivity index (χ1) is 17.8. The maximum atomic E-state index is 4.95. The molecule has 0 amide bonds. The van der Waals surface area contributed by atoms with Gasteiger partial charge in [0.25, 0.3) is 0 Å². The van der Waals surface area contributed by atoms with E-state index in [9.17, 15) is 0 Å². The molecular weight excluding hydrogens is 615 g/mol. The molecule has 39 heavy (non-hydrogen) atoms. The SMILES string of the molecule is C.C.CCCCCCCCCCCCCCCCC[S-].CCCCCCCCCCCCCCCCC[S-].[Sn+2]. The third-order valence-corrected chi connectivity index (χ3v) is 8.07. The Balaban J connectivity index is -0.000000183. The summed E-state index contributed by atoms with van der Waals surface area (Å²) in [6, 6.07) is 0. The van der Waals surface area contributed by atoms with E-state index < -0.39 is 0 Å². The molecule has 0 aromatic carbocycles. The second kappa shape index (κ2) is 52.2. The summed E-state index contributed by atoms with van der Waals surface area (Å²) in [5, 5.41) is 0. The van der Waals surface area contributed by atoms with Crippen LogP contribution >= 0.6 is 0 Å². The standard InChI is InChI=1S/2C17H36S.2CH4.Sn/c2*1-2-3-4-5-6-7-8-9-10-11-12-13-14-15-16-17-18;;;/h2*18H,2-17H2,1H3;2*1H4;/q;;;;+2/p-2. The van der Waals surface area contributed by atoms with Crippen LogP contribution in [0.2, 0.25) is 0 Å². The van der Waals surface area contributed by atoms with Crippen LogP contribution in [0.3, 0.4) is 0 Å². The van der Waals surface area contributed by atoms with Crippen LogP contribution < -0.4 is 0 Å². The second-order valence-electron chi connectivity index (χ2n) is 11.3. The smallest absolute Gasteiger partial charge is 0.793 e. The van der Waals surface area contributed by atoms with Crippen LogP contribution in [0.4, 0.5) is 0 Å². The van der Waals surface area contributed by atoms with E-state index in [2.05, 4.69) is 13.8 Å². The van der Waals surface area contributed by atoms with Crippen molar-refractivity contribution in [2.45, 2.75) is 221 Å². The van der Waals surface area contributed by atoms with E-state index >= 15 is 0 Å². The zero-order valence-corrected chi connectivity index (χ0v) is 30.4. The van der Waals surface area contributed by atoms with Crippen LogP contribution in [0, 0.1) is 0 Å². The van der Waals surface area contributed by atoms with Crippen molar-refractivity contribution in [3.8, 4) is 0 Å². The second-order valence-corrected chi connectivity index (χ2v) is 12.1. The van der Waals surface area contributed by atoms with Gasteiger partial charge in [-0.3, -0.25) is 0 Å². The van der Waals surface area contributed by atoms with E-state index in [1.54, 1.807) is 0 Å². The van der Waals surface area contributed by atoms with E-state index in [0.717, 1.165) is 11.5 Å². The summed E-state index contributed by atoms with van der Waals surface area (Å²) in [6.07, 6.45) is 43.0. The Kier molecular flexibility index (Phi) is 67.1. The van der Waals surface area contributed by atoms with Gasteiger partial charge in [0.15, 0.2) is 0 Å². The van der Waals surface area contributed by atoms with Gasteiger partial charge in [0.1, 0.15) is 0 Å². The summed E-state index contributed by atoms with van der Waals surface area (Å²) >= 11 is 9.89. The first kappa shape index (κ1) is 50.1. The molecule has 0 heterocycles. The maximum absolute atomic E-state index is 4.95. The number of unbranched alkanes of at least 4 members (excludes halogenated alkanes) is 28. The summed E-state index contributed by atoms with van der Waals surface area (Å²) in [5.74, 6) is 1.91. The minimum absolute atomic E-state index is 0. The molecule has 0 atom stereocenters. The third kappa shape index (κ3) is 56.0. The van der Waals surface area contributed by atoms with Gasteiger partial charge in [0.2, 0.25) is 0 Å². The number of hydrogen-bond acceptors (Lipinski definition) is 2. The van der Waals surface area contributed by atoms with Gasteiger partial charge in [0, 0.05) is 0 Å². The van der Waals surface area contributed by atoms with Crippen molar-refractivity contribution < 1.29 is 0 Å². The van der Waals surface area contributed by atoms with Gasteiger partial charge in [-0.2, -0.15) is 11.5 Å². The minimum Gasteiger partial charge on any atom is -0.793 e. The van der Waals surface area contributed by atoms with Gasteiger partial charge < -0.3 is 25.3 Å². The Morgan fingerprint density at radius 1 is 0.256 bits per heavy atom. The molecule has 0 aromatic heterocycles. The van der Waals surface area contributed by atoms with E-state index in [1.807, 2.05) is 0 Å². The molecular formula is C36H78S2Sn. The molecule has 0 aliphatic rings. The van der Waals surface area contributed by atoms with Crippen molar-refractivity contribution in [2.75, 3.05) is 11.5 Å². The van der Waals surface area contributed by atoms with Crippen LogP contribution in [0.5, 0.6) is 0 Å². The molecule has 0 nitrogen and oxygen atoms in total. The molecule has 0 aliphatic heterocycles. The first-order valence-electron chi connectivity index (χ1n) is 17.0. The molecule has 0 bridgehead atoms. The molecule has 3 heteroatoms. The van der Waals surface area contributed by atoms with Crippen molar-refractivity contribution in [1.29, 1.82) is 0 Å². The fourth-order valence-electron chi connectivity index (χ4n) is 4.95. The molecule has 0 N–H and O–H groups in total. The summed E-state index contributed by atoms with van der Waals surface area (Å²) in [6.45, 7) is 4.58. The molecule has 0 fully saturated rings. The summed E-state index contributed by atoms with van der Waals surface area (Å²) in [7, 11) is 0. The van der Waals surface area contributed by atoms with Gasteiger partial charge in [0.05, 0.1) is 0 Å². The fourth-order valence-corrected chi connectivity index (χ4v) is 5.36. The zero-order valence-electron chi connectivity index (χ0n) is 25.9. The minimum atomic E-state index is 0. The van der Waals surface area contributed by atoms with E-state index in [4.69, 9.17) is 25.3 Å². The summed E-state index contributed by atoms with van der Waals surface area (Å²) in [4.78, 5) is 0. The van der Waals surface area contributed by atoms with Gasteiger partial charge in [-0.25, -0.2) is 0 Å². The molecule has 238 valence electrons. The van der Waals surface area contributed by atoms with Crippen molar-refractivity contribution in [3.63, 3.8) is 0 Å². The molecule has 0 rings (SSSR count). The molecule has 0 saturated heterocycles. The Hall–Kier alpha value is 1.50. The van der Waals surface area contributed by atoms with Gasteiger partial charge in [-0.1, -0.05) is 221 Å². The Morgan fingerprint density at radius 2 is 0.385 bits per heavy atom. The largest absolute Gasteiger partial charge is 2.00 e. The molecule has 0 unspecified atom stereocenters. The monoisotopic (exact) mass is 694 g/mol. The summed E-state index contributed by atoms with van der Waals surface area (Å²) in [5.41, 5.74) is 0. The predicted octanol–water partition coefficient (Wildman–Crippen LogP) is 13.7. The molecule has 2 radical (unpaired) electrons. The van der Waals surface area contributed by atoms with Crippen LogP contribution in [0.15, 0.2) is 0 Å². The van der Waals surface area contributed by atoms with Gasteiger partial charge >= 0.3 is 23.9 Å². The zero-order chi connectivity index (χ0) is 26.6. The number of rotatable bonds is 30. The predicted molar refractivity (Wildman–Crippen MR) is 194 cm³/mol. The Bertz CT molecular complexity index is 274. The molecule has 0 spiro atoms. The quantitative estimate of drug-likeness (QED) is 0.0417. The molecule has 0 saturated carbocycles. The average molecular weight is 694 g/mol. The molecule has 0 aromatic rings. The van der Waals surface area contributed by atoms with Crippen molar-refractivity contribution in [1.82, 2.24) is 0 Å². The van der Waals surface area contributed by atoms with Crippen molar-refractivity contribution in [3.05, 3.63) is 0 Å². The first-order valence-corrected chi connectivity index (χ1v) is 18.1. The molecule has 0 aliphatic carbocycles. The van der Waals surface area contributed by atoms with E-state index in [1.165, 1.54) is 193 Å². The Labute approximate surface area is 280 Å². The van der Waals surface area contributed by atoms with Crippen LogP contribution in [0.25, 0.3) is 0 Å². The van der Waals surface area contributed by atoms with Crippen molar-refractivity contribution in [2.24, 2.45) is 0 Å². The van der Waals surface area contributed by atoms with Crippen LogP contribution in [-0.4, -0.2) is 35.4 Å². The van der Waals surface area contributed by atoms with Crippen molar-refractivity contribution >= 4 is 49.2 Å². The average Bonchev–Trinajstić information content (AvgIpc) is 2.89. The number of hydrogen-bond donors (Lipinski definition) is 0. The van der Waals surface area contributed by atoms with Crippen LogP contribution in [-0.2, 0) is 25.3 Å². The Morgan fingerprint density at radius 3 is 0.513 bits per heavy atom. The van der Waals surface area contributed by atoms with Gasteiger partial charge in [-0.15, -0.1) is 0 Å². The van der Waals surface area contributed by atoms with E-state index in [0.29, 0.717) is 0 Å². The maximum Gasteiger partial charge on any atom is 2.00 e. The summed E-state index contributed by atoms with van der Waals surface area (Å²) < 4.78 is 0.